The molecule has 2 unspecified atom stereocenters. The van der Waals surface area contributed by atoms with Crippen molar-refractivity contribution in [3.8, 4) is 5.75 Å². The monoisotopic (exact) mass is 290 g/mol. The van der Waals surface area contributed by atoms with Crippen LogP contribution >= 0.6 is 0 Å². The number of β-amino-alcohol motifs (C(OH)–C–C–N with tert-alkyl or cyclic N) is 1. The van der Waals surface area contributed by atoms with E-state index in [0.717, 1.165) is 12.1 Å². The standard InChI is InChI=1S/C16H22N2O3/c1-17(2)10-13-9-15(20)11-18(13)16(21)8-5-12-3-6-14(19)7-4-12/h3-8,13,15,19-20H,9-11H2,1-2H3. The Bertz CT molecular complexity index is 511. The lowest BCUT2D eigenvalue weighted by Crippen LogP contribution is -2.40. The number of aliphatic hydroxyl groups is 1. The summed E-state index contributed by atoms with van der Waals surface area (Å²) in [5, 5.41) is 19.0. The van der Waals surface area contributed by atoms with Gasteiger partial charge in [-0.2, -0.15) is 0 Å². The van der Waals surface area contributed by atoms with E-state index in [0.29, 0.717) is 13.0 Å². The maximum absolute atomic E-state index is 12.3. The summed E-state index contributed by atoms with van der Waals surface area (Å²) in [7, 11) is 3.92. The van der Waals surface area contributed by atoms with E-state index in [4.69, 9.17) is 0 Å². The molecule has 0 saturated carbocycles. The molecule has 1 aromatic rings. The Labute approximate surface area is 125 Å². The molecule has 21 heavy (non-hydrogen) atoms. The van der Waals surface area contributed by atoms with Crippen molar-refractivity contribution in [2.45, 2.75) is 18.6 Å². The molecule has 1 aliphatic rings. The number of aromatic hydroxyl groups is 1. The van der Waals surface area contributed by atoms with Gasteiger partial charge >= 0.3 is 0 Å². The van der Waals surface area contributed by atoms with Crippen LogP contribution in [0, 0.1) is 0 Å². The van der Waals surface area contributed by atoms with Crippen LogP contribution in [0.4, 0.5) is 0 Å². The summed E-state index contributed by atoms with van der Waals surface area (Å²) in [4.78, 5) is 16.0. The second-order valence-electron chi connectivity index (χ2n) is 5.72. The van der Waals surface area contributed by atoms with E-state index < -0.39 is 6.10 Å². The average molecular weight is 290 g/mol. The number of rotatable bonds is 4. The molecule has 5 nitrogen and oxygen atoms in total. The minimum Gasteiger partial charge on any atom is -0.508 e. The zero-order chi connectivity index (χ0) is 15.4. The summed E-state index contributed by atoms with van der Waals surface area (Å²) in [6.45, 7) is 1.13. The summed E-state index contributed by atoms with van der Waals surface area (Å²) >= 11 is 0. The van der Waals surface area contributed by atoms with Crippen LogP contribution < -0.4 is 0 Å². The fraction of sp³-hybridized carbons (Fsp3) is 0.438. The van der Waals surface area contributed by atoms with Crippen LogP contribution in [-0.2, 0) is 4.79 Å². The Kier molecular flexibility index (Phi) is 4.98. The molecule has 0 aromatic heterocycles. The van der Waals surface area contributed by atoms with Crippen molar-refractivity contribution in [2.24, 2.45) is 0 Å². The summed E-state index contributed by atoms with van der Waals surface area (Å²) in [5.74, 6) is 0.110. The van der Waals surface area contributed by atoms with Crippen LogP contribution in [0.1, 0.15) is 12.0 Å². The van der Waals surface area contributed by atoms with Crippen molar-refractivity contribution in [1.82, 2.24) is 9.80 Å². The SMILES string of the molecule is CN(C)CC1CC(O)CN1C(=O)C=Cc1ccc(O)cc1. The number of phenolic OH excluding ortho intramolecular Hbond substituents is 1. The number of likely N-dealkylation sites (N-methyl/N-ethyl adjacent to an activating group) is 1. The molecular formula is C16H22N2O3. The number of hydrogen-bond donors (Lipinski definition) is 2. The number of hydrogen-bond acceptors (Lipinski definition) is 4. The number of amides is 1. The number of carbonyl (C=O) groups is 1. The molecule has 1 fully saturated rings. The van der Waals surface area contributed by atoms with Crippen LogP contribution in [0.5, 0.6) is 5.75 Å². The zero-order valence-electron chi connectivity index (χ0n) is 12.4. The molecule has 1 aromatic carbocycles. The topological polar surface area (TPSA) is 64.0 Å². The van der Waals surface area contributed by atoms with Crippen LogP contribution in [0.15, 0.2) is 30.3 Å². The molecule has 1 aliphatic heterocycles. The van der Waals surface area contributed by atoms with Gasteiger partial charge in [0, 0.05) is 25.2 Å². The lowest BCUT2D eigenvalue weighted by atomic mass is 10.2. The van der Waals surface area contributed by atoms with Crippen LogP contribution in [0.25, 0.3) is 6.08 Å². The molecule has 1 heterocycles. The second kappa shape index (κ2) is 6.74. The Morgan fingerprint density at radius 3 is 2.67 bits per heavy atom. The molecular weight excluding hydrogens is 268 g/mol. The van der Waals surface area contributed by atoms with Gasteiger partial charge in [0.2, 0.25) is 5.91 Å². The largest absolute Gasteiger partial charge is 0.508 e. The average Bonchev–Trinajstić information content (AvgIpc) is 2.78. The minimum absolute atomic E-state index is 0.0481. The number of nitrogens with zero attached hydrogens (tertiary/aromatic N) is 2. The van der Waals surface area contributed by atoms with Gasteiger partial charge < -0.3 is 20.0 Å². The van der Waals surface area contributed by atoms with Crippen molar-refractivity contribution in [3.05, 3.63) is 35.9 Å². The summed E-state index contributed by atoms with van der Waals surface area (Å²) < 4.78 is 0. The lowest BCUT2D eigenvalue weighted by molar-refractivity contribution is -0.127. The van der Waals surface area contributed by atoms with Gasteiger partial charge in [-0.1, -0.05) is 12.1 Å². The van der Waals surface area contributed by atoms with Crippen molar-refractivity contribution in [2.75, 3.05) is 27.2 Å². The Morgan fingerprint density at radius 1 is 1.38 bits per heavy atom. The van der Waals surface area contributed by atoms with Gasteiger partial charge in [0.05, 0.1) is 6.10 Å². The van der Waals surface area contributed by atoms with Gasteiger partial charge in [-0.3, -0.25) is 4.79 Å². The number of aliphatic hydroxyl groups excluding tert-OH is 1. The molecule has 1 amide bonds. The Balaban J connectivity index is 2.02. The molecule has 1 saturated heterocycles. The first-order valence-corrected chi connectivity index (χ1v) is 7.06. The number of benzene rings is 1. The fourth-order valence-electron chi connectivity index (χ4n) is 2.61. The van der Waals surface area contributed by atoms with E-state index >= 15 is 0 Å². The Morgan fingerprint density at radius 2 is 2.05 bits per heavy atom. The summed E-state index contributed by atoms with van der Waals surface area (Å²) in [6, 6.07) is 6.70. The van der Waals surface area contributed by atoms with E-state index in [9.17, 15) is 15.0 Å². The zero-order valence-corrected chi connectivity index (χ0v) is 12.4. The maximum Gasteiger partial charge on any atom is 0.246 e. The molecule has 2 rings (SSSR count). The van der Waals surface area contributed by atoms with Gasteiger partial charge in [0.25, 0.3) is 0 Å². The smallest absolute Gasteiger partial charge is 0.246 e. The third-order valence-corrected chi connectivity index (χ3v) is 3.56. The summed E-state index contributed by atoms with van der Waals surface area (Å²) in [6.07, 6.45) is 3.42. The molecule has 0 radical (unpaired) electrons. The highest BCUT2D eigenvalue weighted by Gasteiger charge is 2.33. The quantitative estimate of drug-likeness (QED) is 0.810. The van der Waals surface area contributed by atoms with E-state index in [-0.39, 0.29) is 17.7 Å². The molecule has 0 bridgehead atoms. The molecule has 0 spiro atoms. The first kappa shape index (κ1) is 15.5. The third kappa shape index (κ3) is 4.31. The number of carbonyl (C=O) groups excluding carboxylic acids is 1. The molecule has 0 aliphatic carbocycles. The normalized spacial score (nSPS) is 22.4. The maximum atomic E-state index is 12.3. The third-order valence-electron chi connectivity index (χ3n) is 3.56. The summed E-state index contributed by atoms with van der Waals surface area (Å²) in [5.41, 5.74) is 0.852. The number of likely N-dealkylation sites (tertiary alicyclic amines) is 1. The van der Waals surface area contributed by atoms with Crippen molar-refractivity contribution < 1.29 is 15.0 Å². The van der Waals surface area contributed by atoms with Crippen LogP contribution in [0.3, 0.4) is 0 Å². The van der Waals surface area contributed by atoms with E-state index in [1.54, 1.807) is 35.2 Å². The lowest BCUT2D eigenvalue weighted by Gasteiger charge is -2.25. The van der Waals surface area contributed by atoms with E-state index in [2.05, 4.69) is 0 Å². The molecule has 114 valence electrons. The van der Waals surface area contributed by atoms with Gasteiger partial charge in [0.15, 0.2) is 0 Å². The Hall–Kier alpha value is -1.85. The van der Waals surface area contributed by atoms with Gasteiger partial charge in [-0.05, 0) is 44.3 Å². The molecule has 2 atom stereocenters. The predicted molar refractivity (Wildman–Crippen MR) is 81.8 cm³/mol. The minimum atomic E-state index is -0.444. The fourth-order valence-corrected chi connectivity index (χ4v) is 2.61. The van der Waals surface area contributed by atoms with Crippen molar-refractivity contribution in [1.29, 1.82) is 0 Å². The van der Waals surface area contributed by atoms with Crippen molar-refractivity contribution in [3.63, 3.8) is 0 Å². The first-order chi connectivity index (χ1) is 9.95. The second-order valence-corrected chi connectivity index (χ2v) is 5.72. The van der Waals surface area contributed by atoms with Gasteiger partial charge in [-0.15, -0.1) is 0 Å². The van der Waals surface area contributed by atoms with Gasteiger partial charge in [-0.25, -0.2) is 0 Å². The van der Waals surface area contributed by atoms with E-state index in [1.165, 1.54) is 6.08 Å². The highest BCUT2D eigenvalue weighted by Crippen LogP contribution is 2.19. The van der Waals surface area contributed by atoms with Crippen LogP contribution in [0.2, 0.25) is 0 Å². The van der Waals surface area contributed by atoms with Crippen LogP contribution in [-0.4, -0.2) is 65.3 Å². The molecule has 5 heteroatoms. The van der Waals surface area contributed by atoms with E-state index in [1.807, 2.05) is 19.0 Å². The highest BCUT2D eigenvalue weighted by molar-refractivity contribution is 5.92. The highest BCUT2D eigenvalue weighted by atomic mass is 16.3. The number of phenols is 1. The van der Waals surface area contributed by atoms with Gasteiger partial charge in [0.1, 0.15) is 5.75 Å². The molecule has 2 N–H and O–H groups in total. The predicted octanol–water partition coefficient (Wildman–Crippen LogP) is 0.929. The van der Waals surface area contributed by atoms with Crippen molar-refractivity contribution >= 4 is 12.0 Å². The first-order valence-electron chi connectivity index (χ1n) is 7.06.